The Hall–Kier alpha value is -3.02. The number of unbranched alkanes of at least 4 members (excludes halogenated alkanes) is 3. The van der Waals surface area contributed by atoms with Crippen molar-refractivity contribution in [2.24, 2.45) is 4.99 Å². The summed E-state index contributed by atoms with van der Waals surface area (Å²) >= 11 is 0. The molecular formula is C28H34N2O4. The predicted octanol–water partition coefficient (Wildman–Crippen LogP) is 6.11. The first kappa shape index (κ1) is 24.1. The molecule has 4 rings (SSSR count). The number of aliphatic hydroxyl groups excluding tert-OH is 1. The standard InChI is InChI=1S/C28H34N2O4/c1-2-3-4-8-16-29-22-17-20(19-10-6-5-7-11-19)18-25(33)27(22)24(32)15-14-21-28-23(31)12-9-13-26(28)34-30-21/h5-7,10-11,20,32H,2-4,8-9,12-18H2,1H3. The molecule has 1 atom stereocenters. The Balaban J connectivity index is 1.54. The van der Waals surface area contributed by atoms with Crippen LogP contribution < -0.4 is 0 Å². The van der Waals surface area contributed by atoms with Gasteiger partial charge in [-0.05, 0) is 30.7 Å². The summed E-state index contributed by atoms with van der Waals surface area (Å²) in [7, 11) is 0. The van der Waals surface area contributed by atoms with E-state index in [4.69, 9.17) is 9.52 Å². The van der Waals surface area contributed by atoms with Gasteiger partial charge in [0, 0.05) is 44.4 Å². The topological polar surface area (TPSA) is 92.8 Å². The zero-order valence-electron chi connectivity index (χ0n) is 20.0. The second-order valence-electron chi connectivity index (χ2n) is 9.35. The molecule has 0 bridgehead atoms. The van der Waals surface area contributed by atoms with Crippen LogP contribution in [-0.2, 0) is 17.6 Å². The Morgan fingerprint density at radius 1 is 1.09 bits per heavy atom. The number of aryl methyl sites for hydroxylation is 2. The lowest BCUT2D eigenvalue weighted by Gasteiger charge is -2.26. The molecule has 0 radical (unpaired) electrons. The zero-order chi connectivity index (χ0) is 23.9. The molecule has 1 unspecified atom stereocenters. The third kappa shape index (κ3) is 5.54. The van der Waals surface area contributed by atoms with Gasteiger partial charge in [-0.15, -0.1) is 0 Å². The number of nitrogens with zero attached hydrogens (tertiary/aromatic N) is 2. The van der Waals surface area contributed by atoms with Crippen LogP contribution in [0.3, 0.4) is 0 Å². The van der Waals surface area contributed by atoms with Crippen molar-refractivity contribution in [3.8, 4) is 0 Å². The molecular weight excluding hydrogens is 428 g/mol. The van der Waals surface area contributed by atoms with Gasteiger partial charge >= 0.3 is 0 Å². The first-order chi connectivity index (χ1) is 16.6. The molecule has 6 nitrogen and oxygen atoms in total. The molecule has 1 fully saturated rings. The maximum Gasteiger partial charge on any atom is 0.168 e. The van der Waals surface area contributed by atoms with Crippen LogP contribution in [0.1, 0.15) is 98.0 Å². The Morgan fingerprint density at radius 3 is 2.71 bits per heavy atom. The molecule has 0 spiro atoms. The summed E-state index contributed by atoms with van der Waals surface area (Å²) in [6.07, 6.45) is 8.01. The van der Waals surface area contributed by atoms with Gasteiger partial charge in [0.05, 0.1) is 16.8 Å². The Kier molecular flexibility index (Phi) is 8.09. The first-order valence-corrected chi connectivity index (χ1v) is 12.6. The van der Waals surface area contributed by atoms with E-state index in [1.807, 2.05) is 18.2 Å². The van der Waals surface area contributed by atoms with Gasteiger partial charge in [-0.25, -0.2) is 0 Å². The number of carbonyl (C=O) groups excluding carboxylic acids is 2. The monoisotopic (exact) mass is 462 g/mol. The number of aliphatic imine (C=N–C) groups is 1. The molecule has 1 saturated carbocycles. The number of rotatable bonds is 9. The minimum atomic E-state index is -0.0665. The van der Waals surface area contributed by atoms with Crippen LogP contribution in [0.25, 0.3) is 0 Å². The van der Waals surface area contributed by atoms with Gasteiger partial charge in [0.15, 0.2) is 11.6 Å². The zero-order valence-corrected chi connectivity index (χ0v) is 20.0. The van der Waals surface area contributed by atoms with Crippen molar-refractivity contribution < 1.29 is 19.2 Å². The van der Waals surface area contributed by atoms with E-state index in [1.165, 1.54) is 6.42 Å². The van der Waals surface area contributed by atoms with Gasteiger partial charge in [-0.1, -0.05) is 61.7 Å². The van der Waals surface area contributed by atoms with Gasteiger partial charge in [0.2, 0.25) is 0 Å². The largest absolute Gasteiger partial charge is 0.511 e. The molecule has 180 valence electrons. The van der Waals surface area contributed by atoms with Gasteiger partial charge < -0.3 is 9.63 Å². The smallest absolute Gasteiger partial charge is 0.168 e. The van der Waals surface area contributed by atoms with Crippen molar-refractivity contribution >= 4 is 17.3 Å². The fourth-order valence-corrected chi connectivity index (χ4v) is 5.00. The van der Waals surface area contributed by atoms with Crippen LogP contribution in [0.5, 0.6) is 0 Å². The van der Waals surface area contributed by atoms with E-state index < -0.39 is 0 Å². The number of ketones is 2. The summed E-state index contributed by atoms with van der Waals surface area (Å²) in [6, 6.07) is 10.1. The maximum atomic E-state index is 13.2. The van der Waals surface area contributed by atoms with Gasteiger partial charge in [-0.3, -0.25) is 14.6 Å². The second kappa shape index (κ2) is 11.4. The summed E-state index contributed by atoms with van der Waals surface area (Å²) in [5, 5.41) is 15.1. The number of benzene rings is 1. The molecule has 34 heavy (non-hydrogen) atoms. The van der Waals surface area contributed by atoms with E-state index >= 15 is 0 Å². The third-order valence-electron chi connectivity index (χ3n) is 6.83. The molecule has 2 aliphatic rings. The van der Waals surface area contributed by atoms with E-state index in [2.05, 4.69) is 24.2 Å². The van der Waals surface area contributed by atoms with Crippen LogP contribution in [-0.4, -0.2) is 34.1 Å². The van der Waals surface area contributed by atoms with Crippen molar-refractivity contribution in [3.05, 3.63) is 64.2 Å². The van der Waals surface area contributed by atoms with Crippen molar-refractivity contribution in [1.82, 2.24) is 5.16 Å². The Labute approximate surface area is 201 Å². The highest BCUT2D eigenvalue weighted by molar-refractivity contribution is 6.24. The number of Topliss-reactive ketones (excluding diaryl/α,β-unsaturated/α-hetero) is 2. The van der Waals surface area contributed by atoms with Crippen LogP contribution in [0.4, 0.5) is 0 Å². The number of allylic oxidation sites excluding steroid dienone is 2. The van der Waals surface area contributed by atoms with Crippen molar-refractivity contribution in [2.75, 3.05) is 6.54 Å². The van der Waals surface area contributed by atoms with E-state index in [0.717, 1.165) is 37.7 Å². The minimum Gasteiger partial charge on any atom is -0.511 e. The summed E-state index contributed by atoms with van der Waals surface area (Å²) < 4.78 is 5.37. The molecule has 1 N–H and O–H groups in total. The predicted molar refractivity (Wildman–Crippen MR) is 132 cm³/mol. The number of hydrogen-bond acceptors (Lipinski definition) is 6. The fraction of sp³-hybridized carbons (Fsp3) is 0.500. The van der Waals surface area contributed by atoms with E-state index in [9.17, 15) is 14.7 Å². The average Bonchev–Trinajstić information content (AvgIpc) is 3.27. The Bertz CT molecular complexity index is 1080. The highest BCUT2D eigenvalue weighted by Crippen LogP contribution is 2.34. The SMILES string of the molecule is CCCCCCN=C1CC(c2ccccc2)CC(=O)C1=C(O)CCc1noc2c1C(=O)CCC2. The summed E-state index contributed by atoms with van der Waals surface area (Å²) in [4.78, 5) is 30.4. The van der Waals surface area contributed by atoms with Crippen molar-refractivity contribution in [2.45, 2.75) is 83.5 Å². The summed E-state index contributed by atoms with van der Waals surface area (Å²) in [5.74, 6) is 0.748. The second-order valence-corrected chi connectivity index (χ2v) is 9.35. The number of fused-ring (bicyclic) bond motifs is 1. The summed E-state index contributed by atoms with van der Waals surface area (Å²) in [5.41, 5.74) is 3.35. The lowest BCUT2D eigenvalue weighted by atomic mass is 9.78. The number of aromatic nitrogens is 1. The fourth-order valence-electron chi connectivity index (χ4n) is 5.00. The maximum absolute atomic E-state index is 13.2. The molecule has 0 amide bonds. The first-order valence-electron chi connectivity index (χ1n) is 12.6. The number of aliphatic hydroxyl groups is 1. The molecule has 2 aromatic rings. The summed E-state index contributed by atoms with van der Waals surface area (Å²) in [6.45, 7) is 2.83. The molecule has 1 aromatic heterocycles. The van der Waals surface area contributed by atoms with Crippen molar-refractivity contribution in [3.63, 3.8) is 0 Å². The Morgan fingerprint density at radius 2 is 1.91 bits per heavy atom. The van der Waals surface area contributed by atoms with Crippen LogP contribution in [0.2, 0.25) is 0 Å². The van der Waals surface area contributed by atoms with Gasteiger partial charge in [-0.2, -0.15) is 0 Å². The lowest BCUT2D eigenvalue weighted by Crippen LogP contribution is -2.27. The van der Waals surface area contributed by atoms with E-state index in [-0.39, 0.29) is 29.7 Å². The highest BCUT2D eigenvalue weighted by atomic mass is 16.5. The van der Waals surface area contributed by atoms with Crippen LogP contribution in [0.15, 0.2) is 51.2 Å². The quantitative estimate of drug-likeness (QED) is 0.276. The molecule has 0 saturated heterocycles. The normalized spacial score (nSPS) is 21.1. The molecule has 6 heteroatoms. The van der Waals surface area contributed by atoms with Crippen LogP contribution in [0, 0.1) is 0 Å². The van der Waals surface area contributed by atoms with E-state index in [1.54, 1.807) is 0 Å². The van der Waals surface area contributed by atoms with E-state index in [0.29, 0.717) is 60.5 Å². The van der Waals surface area contributed by atoms with Crippen LogP contribution >= 0.6 is 0 Å². The lowest BCUT2D eigenvalue weighted by molar-refractivity contribution is -0.116. The molecule has 1 heterocycles. The third-order valence-corrected chi connectivity index (χ3v) is 6.83. The number of hydrogen-bond donors (Lipinski definition) is 1. The average molecular weight is 463 g/mol. The molecule has 2 aliphatic carbocycles. The molecule has 1 aromatic carbocycles. The highest BCUT2D eigenvalue weighted by Gasteiger charge is 2.33. The van der Waals surface area contributed by atoms with Gasteiger partial charge in [0.1, 0.15) is 11.5 Å². The number of carbonyl (C=O) groups is 2. The molecule has 0 aliphatic heterocycles. The van der Waals surface area contributed by atoms with Crippen molar-refractivity contribution in [1.29, 1.82) is 0 Å². The minimum absolute atomic E-state index is 0.0452. The van der Waals surface area contributed by atoms with Gasteiger partial charge in [0.25, 0.3) is 0 Å².